The Kier molecular flexibility index (Phi) is 6.31. The number of ether oxygens (including phenoxy) is 3. The van der Waals surface area contributed by atoms with Crippen molar-refractivity contribution in [3.05, 3.63) is 89.6 Å². The summed E-state index contributed by atoms with van der Waals surface area (Å²) < 4.78 is 16.2. The van der Waals surface area contributed by atoms with Gasteiger partial charge in [0.05, 0.1) is 39.1 Å². The number of nitrogens with one attached hydrogen (secondary N) is 1. The van der Waals surface area contributed by atoms with Gasteiger partial charge in [0.15, 0.2) is 0 Å². The molecule has 3 aromatic carbocycles. The number of para-hydroxylation sites is 1. The van der Waals surface area contributed by atoms with E-state index in [-0.39, 0.29) is 18.1 Å². The van der Waals surface area contributed by atoms with E-state index in [0.29, 0.717) is 34.1 Å². The van der Waals surface area contributed by atoms with Crippen LogP contribution < -0.4 is 19.5 Å². The molecular formula is C26H24N2O5. The lowest BCUT2D eigenvalue weighted by Gasteiger charge is -2.17. The number of carbonyl (C=O) groups excluding carboxylic acids is 2. The molecule has 0 bridgehead atoms. The minimum Gasteiger partial charge on any atom is -0.497 e. The van der Waals surface area contributed by atoms with Gasteiger partial charge in [-0.05, 0) is 23.8 Å². The zero-order valence-electron chi connectivity index (χ0n) is 18.6. The maximum absolute atomic E-state index is 13.5. The number of hydrogen-bond donors (Lipinski definition) is 1. The Balaban J connectivity index is 1.77. The molecule has 33 heavy (non-hydrogen) atoms. The highest BCUT2D eigenvalue weighted by Gasteiger charge is 2.39. The first-order valence-corrected chi connectivity index (χ1v) is 10.3. The van der Waals surface area contributed by atoms with E-state index in [1.165, 1.54) is 12.0 Å². The number of imide groups is 1. The van der Waals surface area contributed by atoms with E-state index in [0.717, 1.165) is 5.56 Å². The number of benzene rings is 3. The summed E-state index contributed by atoms with van der Waals surface area (Å²) in [6.45, 7) is 0.0818. The van der Waals surface area contributed by atoms with Crippen LogP contribution in [0.3, 0.4) is 0 Å². The Hall–Kier alpha value is -4.26. The Bertz CT molecular complexity index is 1220. The topological polar surface area (TPSA) is 77.1 Å². The SMILES string of the molecule is COc1ccc(OC)c(NC2=C(c3ccccc3)C(=O)N(Cc3ccccc3OC)C2=O)c1. The van der Waals surface area contributed by atoms with Gasteiger partial charge in [-0.3, -0.25) is 14.5 Å². The van der Waals surface area contributed by atoms with E-state index in [2.05, 4.69) is 5.32 Å². The van der Waals surface area contributed by atoms with Crippen LogP contribution in [0.25, 0.3) is 5.57 Å². The number of methoxy groups -OCH3 is 3. The van der Waals surface area contributed by atoms with Crippen molar-refractivity contribution in [3.8, 4) is 17.2 Å². The van der Waals surface area contributed by atoms with Gasteiger partial charge in [-0.15, -0.1) is 0 Å². The summed E-state index contributed by atoms with van der Waals surface area (Å²) in [5.74, 6) is 0.883. The van der Waals surface area contributed by atoms with Gasteiger partial charge in [0.1, 0.15) is 22.9 Å². The fraction of sp³-hybridized carbons (Fsp3) is 0.154. The van der Waals surface area contributed by atoms with Crippen molar-refractivity contribution in [2.45, 2.75) is 6.54 Å². The van der Waals surface area contributed by atoms with E-state index in [1.807, 2.05) is 36.4 Å². The van der Waals surface area contributed by atoms with Crippen LogP contribution in [0.1, 0.15) is 11.1 Å². The second-order valence-electron chi connectivity index (χ2n) is 7.32. The molecule has 0 aliphatic carbocycles. The lowest BCUT2D eigenvalue weighted by molar-refractivity contribution is -0.137. The van der Waals surface area contributed by atoms with E-state index in [4.69, 9.17) is 14.2 Å². The fourth-order valence-corrected chi connectivity index (χ4v) is 3.76. The molecule has 0 unspecified atom stereocenters. The van der Waals surface area contributed by atoms with E-state index < -0.39 is 5.91 Å². The first-order chi connectivity index (χ1) is 16.1. The summed E-state index contributed by atoms with van der Waals surface area (Å²) >= 11 is 0. The normalized spacial score (nSPS) is 13.4. The van der Waals surface area contributed by atoms with Crippen LogP contribution in [-0.4, -0.2) is 38.0 Å². The van der Waals surface area contributed by atoms with Crippen molar-refractivity contribution in [1.29, 1.82) is 0 Å². The highest BCUT2D eigenvalue weighted by molar-refractivity contribution is 6.36. The van der Waals surface area contributed by atoms with Crippen molar-refractivity contribution >= 4 is 23.1 Å². The van der Waals surface area contributed by atoms with E-state index >= 15 is 0 Å². The third-order valence-corrected chi connectivity index (χ3v) is 5.42. The second kappa shape index (κ2) is 9.48. The van der Waals surface area contributed by atoms with Gasteiger partial charge < -0.3 is 19.5 Å². The number of anilines is 1. The van der Waals surface area contributed by atoms with Crippen molar-refractivity contribution < 1.29 is 23.8 Å². The first kappa shape index (κ1) is 22.0. The number of hydrogen-bond acceptors (Lipinski definition) is 6. The highest BCUT2D eigenvalue weighted by Crippen LogP contribution is 2.36. The monoisotopic (exact) mass is 444 g/mol. The Morgan fingerprint density at radius 1 is 0.758 bits per heavy atom. The van der Waals surface area contributed by atoms with Crippen LogP contribution in [0.2, 0.25) is 0 Å². The molecule has 1 heterocycles. The number of amides is 2. The second-order valence-corrected chi connectivity index (χ2v) is 7.32. The van der Waals surface area contributed by atoms with Crippen molar-refractivity contribution in [2.75, 3.05) is 26.6 Å². The van der Waals surface area contributed by atoms with Gasteiger partial charge in [-0.1, -0.05) is 48.5 Å². The fourth-order valence-electron chi connectivity index (χ4n) is 3.76. The molecule has 168 valence electrons. The van der Waals surface area contributed by atoms with E-state index in [9.17, 15) is 9.59 Å². The molecule has 3 aromatic rings. The van der Waals surface area contributed by atoms with Gasteiger partial charge in [0, 0.05) is 11.6 Å². The first-order valence-electron chi connectivity index (χ1n) is 10.3. The number of rotatable bonds is 8. The molecule has 7 heteroatoms. The maximum Gasteiger partial charge on any atom is 0.278 e. The Morgan fingerprint density at radius 2 is 1.45 bits per heavy atom. The minimum atomic E-state index is -0.436. The molecule has 0 radical (unpaired) electrons. The third kappa shape index (κ3) is 4.25. The van der Waals surface area contributed by atoms with Crippen LogP contribution in [0.15, 0.2) is 78.5 Å². The van der Waals surface area contributed by atoms with Gasteiger partial charge in [0.2, 0.25) is 0 Å². The average molecular weight is 444 g/mol. The summed E-state index contributed by atoms with van der Waals surface area (Å²) in [5.41, 5.74) is 2.35. The van der Waals surface area contributed by atoms with Crippen LogP contribution in [0.5, 0.6) is 17.2 Å². The van der Waals surface area contributed by atoms with Gasteiger partial charge in [0.25, 0.3) is 11.8 Å². The standard InChI is InChI=1S/C26H24N2O5/c1-31-19-13-14-22(33-3)20(15-19)27-24-23(17-9-5-4-6-10-17)25(29)28(26(24)30)16-18-11-7-8-12-21(18)32-2/h4-15,27H,16H2,1-3H3. The van der Waals surface area contributed by atoms with Crippen molar-refractivity contribution in [2.24, 2.45) is 0 Å². The van der Waals surface area contributed by atoms with E-state index in [1.54, 1.807) is 50.6 Å². The molecule has 0 aromatic heterocycles. The highest BCUT2D eigenvalue weighted by atomic mass is 16.5. The molecule has 7 nitrogen and oxygen atoms in total. The van der Waals surface area contributed by atoms with Crippen LogP contribution in [0, 0.1) is 0 Å². The Morgan fingerprint density at radius 3 is 2.15 bits per heavy atom. The van der Waals surface area contributed by atoms with Crippen molar-refractivity contribution in [3.63, 3.8) is 0 Å². The number of nitrogens with zero attached hydrogens (tertiary/aromatic N) is 1. The minimum absolute atomic E-state index is 0.0818. The number of carbonyl (C=O) groups is 2. The predicted octanol–water partition coefficient (Wildman–Crippen LogP) is 4.10. The predicted molar refractivity (Wildman–Crippen MR) is 125 cm³/mol. The summed E-state index contributed by atoms with van der Waals surface area (Å²) in [6, 6.07) is 21.6. The molecule has 2 amide bonds. The molecule has 0 fully saturated rings. The molecule has 1 aliphatic heterocycles. The van der Waals surface area contributed by atoms with Crippen molar-refractivity contribution in [1.82, 2.24) is 4.90 Å². The maximum atomic E-state index is 13.5. The molecule has 1 aliphatic rings. The summed E-state index contributed by atoms with van der Waals surface area (Å²) in [4.78, 5) is 28.3. The lowest BCUT2D eigenvalue weighted by atomic mass is 10.0. The van der Waals surface area contributed by atoms with Crippen LogP contribution in [-0.2, 0) is 16.1 Å². The molecule has 0 atom stereocenters. The molecular weight excluding hydrogens is 420 g/mol. The summed E-state index contributed by atoms with van der Waals surface area (Å²) in [5, 5.41) is 3.14. The van der Waals surface area contributed by atoms with Gasteiger partial charge in [-0.2, -0.15) is 0 Å². The molecule has 4 rings (SSSR count). The zero-order chi connectivity index (χ0) is 23.4. The van der Waals surface area contributed by atoms with Gasteiger partial charge >= 0.3 is 0 Å². The largest absolute Gasteiger partial charge is 0.497 e. The summed E-state index contributed by atoms with van der Waals surface area (Å²) in [7, 11) is 4.65. The lowest BCUT2D eigenvalue weighted by Crippen LogP contribution is -2.32. The molecule has 0 spiro atoms. The third-order valence-electron chi connectivity index (χ3n) is 5.42. The quantitative estimate of drug-likeness (QED) is 0.527. The van der Waals surface area contributed by atoms with Crippen LogP contribution >= 0.6 is 0 Å². The Labute approximate surface area is 192 Å². The molecule has 0 saturated heterocycles. The smallest absolute Gasteiger partial charge is 0.278 e. The average Bonchev–Trinajstić information content (AvgIpc) is 3.09. The zero-order valence-corrected chi connectivity index (χ0v) is 18.6. The molecule has 1 N–H and O–H groups in total. The summed E-state index contributed by atoms with van der Waals surface area (Å²) in [6.07, 6.45) is 0. The molecule has 0 saturated carbocycles. The van der Waals surface area contributed by atoms with Crippen LogP contribution in [0.4, 0.5) is 5.69 Å². The van der Waals surface area contributed by atoms with Gasteiger partial charge in [-0.25, -0.2) is 0 Å².